The molecule has 1 heterocycles. The second-order valence-electron chi connectivity index (χ2n) is 6.37. The topological polar surface area (TPSA) is 116 Å². The lowest BCUT2D eigenvalue weighted by atomic mass is 10.1. The van der Waals surface area contributed by atoms with Crippen LogP contribution in [0.15, 0.2) is 41.3 Å². The number of fused-ring (bicyclic) bond motifs is 1. The molecule has 0 aliphatic carbocycles. The van der Waals surface area contributed by atoms with Crippen molar-refractivity contribution in [3.8, 4) is 11.8 Å². The Morgan fingerprint density at radius 2 is 2.06 bits per heavy atom. The third kappa shape index (κ3) is 5.55. The highest BCUT2D eigenvalue weighted by atomic mass is 35.5. The first kappa shape index (κ1) is 23.9. The molecule has 0 saturated heterocycles. The highest BCUT2D eigenvalue weighted by Crippen LogP contribution is 2.46. The molecule has 2 N–H and O–H groups in total. The number of nitriles is 1. The second kappa shape index (κ2) is 8.65. The number of halogens is 4. The lowest BCUT2D eigenvalue weighted by Crippen LogP contribution is -2.33. The smallest absolute Gasteiger partial charge is 0.417 e. The van der Waals surface area contributed by atoms with Crippen LogP contribution in [-0.2, 0) is 27.2 Å². The largest absolute Gasteiger partial charge is 0.424 e. The van der Waals surface area contributed by atoms with Crippen molar-refractivity contribution in [2.75, 3.05) is 6.29 Å². The van der Waals surface area contributed by atoms with E-state index >= 15 is 0 Å². The number of thioether (sulfide) groups is 1. The van der Waals surface area contributed by atoms with Gasteiger partial charge in [0.1, 0.15) is 16.6 Å². The van der Waals surface area contributed by atoms with E-state index in [0.29, 0.717) is 21.5 Å². The molecular weight excluding hydrogens is 500 g/mol. The Kier molecular flexibility index (Phi) is 6.68. The van der Waals surface area contributed by atoms with Crippen molar-refractivity contribution < 1.29 is 35.6 Å². The lowest BCUT2D eigenvalue weighted by molar-refractivity contribution is -0.137. The van der Waals surface area contributed by atoms with E-state index < -0.39 is 51.5 Å². The van der Waals surface area contributed by atoms with Crippen LogP contribution < -0.4 is 9.25 Å². The van der Waals surface area contributed by atoms with Crippen molar-refractivity contribution in [2.24, 2.45) is 0 Å². The Bertz CT molecular complexity index is 1220. The number of rotatable bonds is 6. The third-order valence-corrected chi connectivity index (χ3v) is 9.46. The molecule has 0 spiro atoms. The molecule has 0 saturated carbocycles. The van der Waals surface area contributed by atoms with E-state index in [1.165, 1.54) is 6.07 Å². The van der Waals surface area contributed by atoms with E-state index in [1.54, 1.807) is 18.2 Å². The number of sulfonamides is 1. The van der Waals surface area contributed by atoms with Crippen LogP contribution in [0.4, 0.5) is 13.2 Å². The van der Waals surface area contributed by atoms with Gasteiger partial charge in [-0.05, 0) is 29.8 Å². The summed E-state index contributed by atoms with van der Waals surface area (Å²) in [5.41, 5.74) is -1.32. The Balaban J connectivity index is 1.70. The molecular formula is C17H13ClF3N2O5PS2. The summed E-state index contributed by atoms with van der Waals surface area (Å²) in [4.78, 5) is 10.5. The number of hydrogen-bond acceptors (Lipinski definition) is 6. The lowest BCUT2D eigenvalue weighted by Gasteiger charge is -2.17. The minimum absolute atomic E-state index is 0.122. The molecule has 0 bridgehead atoms. The highest BCUT2D eigenvalue weighted by molar-refractivity contribution is 8.13. The molecule has 1 aliphatic rings. The van der Waals surface area contributed by atoms with Gasteiger partial charge in [0.15, 0.2) is 0 Å². The maximum absolute atomic E-state index is 13.0. The molecule has 14 heteroatoms. The first-order valence-corrected chi connectivity index (χ1v) is 12.9. The first-order chi connectivity index (χ1) is 14.3. The molecule has 2 aromatic rings. The van der Waals surface area contributed by atoms with Gasteiger partial charge < -0.3 is 9.42 Å². The number of nitrogens with one attached hydrogen (secondary N) is 1. The van der Waals surface area contributed by atoms with Gasteiger partial charge in [-0.1, -0.05) is 23.7 Å². The Labute approximate surface area is 184 Å². The summed E-state index contributed by atoms with van der Waals surface area (Å²) in [6.45, 7) is 0. The molecule has 2 aromatic carbocycles. The van der Waals surface area contributed by atoms with Crippen molar-refractivity contribution in [1.82, 2.24) is 4.72 Å². The zero-order chi connectivity index (χ0) is 23.0. The Hall–Kier alpha value is -1.74. The molecule has 2 unspecified atom stereocenters. The van der Waals surface area contributed by atoms with E-state index in [2.05, 4.69) is 0 Å². The average Bonchev–Trinajstić information content (AvgIpc) is 3.12. The van der Waals surface area contributed by atoms with Crippen LogP contribution in [0.25, 0.3) is 0 Å². The Morgan fingerprint density at radius 1 is 1.35 bits per heavy atom. The average molecular weight is 513 g/mol. The van der Waals surface area contributed by atoms with E-state index in [4.69, 9.17) is 21.4 Å². The van der Waals surface area contributed by atoms with Crippen LogP contribution in [0, 0.1) is 11.3 Å². The fraction of sp³-hybridized carbons (Fsp3) is 0.235. The van der Waals surface area contributed by atoms with Gasteiger partial charge in [0.2, 0.25) is 10.0 Å². The third-order valence-electron chi connectivity index (χ3n) is 4.16. The first-order valence-electron chi connectivity index (χ1n) is 8.38. The predicted molar refractivity (Wildman–Crippen MR) is 108 cm³/mol. The maximum atomic E-state index is 13.0. The molecule has 3 rings (SSSR count). The molecule has 2 atom stereocenters. The number of benzene rings is 2. The van der Waals surface area contributed by atoms with Crippen LogP contribution in [0.1, 0.15) is 16.7 Å². The van der Waals surface area contributed by atoms with E-state index in [-0.39, 0.29) is 6.42 Å². The standard InChI is InChI=1S/C17H13ClF3N2O5PS2/c18-14-3-1-2-10-6-15(30-16(10)14)31(26,27)23-9-29(24,25)28-12-5-4-11(8-22)13(7-12)17(19,20)21/h1-5,7,15,23H,6,9H2,(H,24,25). The SMILES string of the molecule is N#Cc1ccc(OP(=O)(O)CNS(=O)(=O)C2Cc3cccc(Cl)c3S2)cc1C(F)(F)F. The molecule has 0 fully saturated rings. The van der Waals surface area contributed by atoms with Crippen molar-refractivity contribution in [3.63, 3.8) is 0 Å². The summed E-state index contributed by atoms with van der Waals surface area (Å²) in [7, 11) is -8.80. The monoisotopic (exact) mass is 512 g/mol. The van der Waals surface area contributed by atoms with Crippen LogP contribution in [0.2, 0.25) is 5.02 Å². The summed E-state index contributed by atoms with van der Waals surface area (Å²) in [6, 6.07) is 8.48. The van der Waals surface area contributed by atoms with Gasteiger partial charge in [-0.2, -0.15) is 18.4 Å². The van der Waals surface area contributed by atoms with Crippen LogP contribution in [0.5, 0.6) is 5.75 Å². The van der Waals surface area contributed by atoms with E-state index in [9.17, 15) is 31.0 Å². The van der Waals surface area contributed by atoms with Gasteiger partial charge in [-0.15, -0.1) is 11.8 Å². The number of alkyl halides is 3. The van der Waals surface area contributed by atoms with Crippen molar-refractivity contribution >= 4 is 41.0 Å². The minimum atomic E-state index is -4.89. The molecule has 166 valence electrons. The number of hydrogen-bond donors (Lipinski definition) is 2. The van der Waals surface area contributed by atoms with Crippen LogP contribution >= 0.6 is 31.0 Å². The van der Waals surface area contributed by atoms with Gasteiger partial charge in [0.25, 0.3) is 0 Å². The maximum Gasteiger partial charge on any atom is 0.417 e. The minimum Gasteiger partial charge on any atom is -0.424 e. The quantitative estimate of drug-likeness (QED) is 0.553. The van der Waals surface area contributed by atoms with Gasteiger partial charge in [0.05, 0.1) is 22.2 Å². The normalized spacial score (nSPS) is 18.1. The highest BCUT2D eigenvalue weighted by Gasteiger charge is 2.37. The van der Waals surface area contributed by atoms with Gasteiger partial charge in [0, 0.05) is 11.3 Å². The summed E-state index contributed by atoms with van der Waals surface area (Å²) in [6.07, 6.45) is -5.82. The van der Waals surface area contributed by atoms with Crippen molar-refractivity contribution in [3.05, 3.63) is 58.1 Å². The molecule has 0 radical (unpaired) electrons. The molecule has 0 aromatic heterocycles. The van der Waals surface area contributed by atoms with E-state index in [1.807, 2.05) is 4.72 Å². The fourth-order valence-corrected chi connectivity index (χ4v) is 7.55. The van der Waals surface area contributed by atoms with Gasteiger partial charge in [-0.3, -0.25) is 0 Å². The van der Waals surface area contributed by atoms with Crippen molar-refractivity contribution in [2.45, 2.75) is 22.1 Å². The van der Waals surface area contributed by atoms with Crippen LogP contribution in [0.3, 0.4) is 0 Å². The molecule has 7 nitrogen and oxygen atoms in total. The fourth-order valence-electron chi connectivity index (χ4n) is 2.75. The summed E-state index contributed by atoms with van der Waals surface area (Å²) < 4.78 is 82.1. The van der Waals surface area contributed by atoms with E-state index in [0.717, 1.165) is 23.9 Å². The summed E-state index contributed by atoms with van der Waals surface area (Å²) >= 11 is 7.03. The summed E-state index contributed by atoms with van der Waals surface area (Å²) in [5.74, 6) is -0.634. The molecule has 1 aliphatic heterocycles. The zero-order valence-corrected chi connectivity index (χ0v) is 18.5. The Morgan fingerprint density at radius 3 is 2.68 bits per heavy atom. The molecule has 31 heavy (non-hydrogen) atoms. The number of nitrogens with zero attached hydrogens (tertiary/aromatic N) is 1. The van der Waals surface area contributed by atoms with Gasteiger partial charge in [-0.25, -0.2) is 17.7 Å². The summed E-state index contributed by atoms with van der Waals surface area (Å²) in [5, 5.41) is 9.17. The van der Waals surface area contributed by atoms with Crippen LogP contribution in [-0.4, -0.2) is 24.2 Å². The molecule has 0 amide bonds. The van der Waals surface area contributed by atoms with Gasteiger partial charge >= 0.3 is 13.8 Å². The zero-order valence-electron chi connectivity index (χ0n) is 15.3. The van der Waals surface area contributed by atoms with Crippen molar-refractivity contribution in [1.29, 1.82) is 5.26 Å². The predicted octanol–water partition coefficient (Wildman–Crippen LogP) is 4.35. The second-order valence-corrected chi connectivity index (χ2v) is 12.0.